The minimum absolute atomic E-state index is 0.0456. The van der Waals surface area contributed by atoms with E-state index in [1.807, 2.05) is 13.8 Å². The first-order valence-electron chi connectivity index (χ1n) is 22.6. The number of aliphatic hydroxyl groups excluding tert-OH is 2. The van der Waals surface area contributed by atoms with E-state index in [0.29, 0.717) is 65.0 Å². The van der Waals surface area contributed by atoms with Crippen LogP contribution in [0.4, 0.5) is 0 Å². The number of nitrogens with zero attached hydrogens (tertiary/aromatic N) is 2. The first kappa shape index (κ1) is 47.4. The molecule has 342 valence electrons. The second-order valence-electron chi connectivity index (χ2n) is 19.2. The molecular weight excluding hydrogens is 801 g/mol. The van der Waals surface area contributed by atoms with Crippen LogP contribution in [0.5, 0.6) is 23.0 Å². The molecule has 0 bridgehead atoms. The van der Waals surface area contributed by atoms with Crippen LogP contribution < -0.4 is 9.47 Å². The number of rotatable bonds is 18. The van der Waals surface area contributed by atoms with Crippen LogP contribution in [0.1, 0.15) is 163 Å². The fourth-order valence-electron chi connectivity index (χ4n) is 9.40. The molecular formula is C51H68N2O10. The van der Waals surface area contributed by atoms with Crippen LogP contribution in [-0.2, 0) is 30.7 Å². The number of amides is 2. The van der Waals surface area contributed by atoms with Gasteiger partial charge in [-0.3, -0.25) is 9.59 Å². The van der Waals surface area contributed by atoms with Crippen LogP contribution in [0, 0.1) is 0 Å². The van der Waals surface area contributed by atoms with Crippen LogP contribution in [0.25, 0.3) is 0 Å². The minimum atomic E-state index is -1.23. The topological polar surface area (TPSA) is 177 Å². The number of phenols is 2. The molecule has 0 radical (unpaired) electrons. The van der Waals surface area contributed by atoms with Crippen molar-refractivity contribution in [2.45, 2.75) is 175 Å². The van der Waals surface area contributed by atoms with E-state index in [1.54, 1.807) is 4.90 Å². The molecule has 4 heterocycles. The second kappa shape index (κ2) is 19.4. The first-order valence-corrected chi connectivity index (χ1v) is 22.6. The Bertz CT molecular complexity index is 2230. The SMILES string of the molecule is CC(C)=CCCC(C)=CCC[C@]1(C)Oc2c(c(O)cc3c2CN(CCC[C@H](C(=O)O)N2Cc4c(cc(O)c5c4O[C@@](C)(CCC=C(C)CCC=C(C)C)[C@H](O)C5)C2=O)C3=O)C[C@H]1O. The molecule has 0 aromatic heterocycles. The summed E-state index contributed by atoms with van der Waals surface area (Å²) in [6.07, 6.45) is 13.8. The Kier molecular flexibility index (Phi) is 14.6. The molecule has 2 aromatic rings. The Morgan fingerprint density at radius 1 is 0.714 bits per heavy atom. The molecule has 4 aliphatic heterocycles. The molecule has 12 nitrogen and oxygen atoms in total. The number of ether oxygens (including phenoxy) is 2. The summed E-state index contributed by atoms with van der Waals surface area (Å²) in [5.74, 6) is -1.60. The van der Waals surface area contributed by atoms with Crippen molar-refractivity contribution >= 4 is 17.8 Å². The van der Waals surface area contributed by atoms with Crippen molar-refractivity contribution in [3.63, 3.8) is 0 Å². The van der Waals surface area contributed by atoms with E-state index in [-0.39, 0.29) is 68.3 Å². The average molecular weight is 869 g/mol. The molecule has 0 saturated carbocycles. The van der Waals surface area contributed by atoms with Crippen molar-refractivity contribution in [2.75, 3.05) is 6.54 Å². The molecule has 63 heavy (non-hydrogen) atoms. The van der Waals surface area contributed by atoms with Crippen LogP contribution in [0.2, 0.25) is 0 Å². The van der Waals surface area contributed by atoms with E-state index >= 15 is 0 Å². The molecule has 0 fully saturated rings. The standard InChI is InChI=1S/C51H68N2O10/c1-30(2)14-9-16-32(5)18-11-21-50(7)43(56)26-36-41(54)24-34-38(45(36)62-50)28-52(47(34)58)23-13-20-40(49(60)61)53-29-39-35(48(53)59)25-42(55)37-27-44(57)51(8,63-46(37)39)22-12-19-33(6)17-10-15-31(3)4/h14-15,18-19,24-25,40,43-44,54-57H,9-13,16-17,20-23,26-29H2,1-8H3,(H,60,61)/t40-,43-,44-,50+,51+/m1/s1. The largest absolute Gasteiger partial charge is 0.508 e. The van der Waals surface area contributed by atoms with E-state index in [2.05, 4.69) is 65.8 Å². The summed E-state index contributed by atoms with van der Waals surface area (Å²) in [5, 5.41) is 55.0. The lowest BCUT2D eigenvalue weighted by Crippen LogP contribution is -2.49. The minimum Gasteiger partial charge on any atom is -0.508 e. The summed E-state index contributed by atoms with van der Waals surface area (Å²) >= 11 is 0. The van der Waals surface area contributed by atoms with Crippen molar-refractivity contribution in [1.82, 2.24) is 9.80 Å². The van der Waals surface area contributed by atoms with E-state index in [1.165, 1.54) is 39.3 Å². The highest BCUT2D eigenvalue weighted by molar-refractivity contribution is 6.02. The lowest BCUT2D eigenvalue weighted by atomic mass is 9.84. The number of hydrogen-bond donors (Lipinski definition) is 5. The van der Waals surface area contributed by atoms with Gasteiger partial charge in [0.15, 0.2) is 0 Å². The summed E-state index contributed by atoms with van der Waals surface area (Å²) < 4.78 is 13.1. The molecule has 0 spiro atoms. The van der Waals surface area contributed by atoms with Crippen molar-refractivity contribution in [1.29, 1.82) is 0 Å². The van der Waals surface area contributed by atoms with Crippen molar-refractivity contribution in [3.8, 4) is 23.0 Å². The number of carboxylic acids is 1. The second-order valence-corrected chi connectivity index (χ2v) is 19.2. The van der Waals surface area contributed by atoms with Gasteiger partial charge in [-0.1, -0.05) is 46.6 Å². The highest BCUT2D eigenvalue weighted by atomic mass is 16.5. The lowest BCUT2D eigenvalue weighted by Gasteiger charge is -2.41. The smallest absolute Gasteiger partial charge is 0.326 e. The van der Waals surface area contributed by atoms with Gasteiger partial charge in [-0.25, -0.2) is 4.79 Å². The Morgan fingerprint density at radius 2 is 1.17 bits per heavy atom. The third-order valence-corrected chi connectivity index (χ3v) is 13.5. The normalized spacial score (nSPS) is 23.3. The Hall–Kier alpha value is -5.07. The summed E-state index contributed by atoms with van der Waals surface area (Å²) in [7, 11) is 0. The van der Waals surface area contributed by atoms with Gasteiger partial charge < -0.3 is 44.8 Å². The van der Waals surface area contributed by atoms with Crippen LogP contribution >= 0.6 is 0 Å². The number of aromatic hydroxyl groups is 2. The van der Waals surface area contributed by atoms with Gasteiger partial charge in [0, 0.05) is 41.6 Å². The number of carboxylic acid groups (broad SMARTS) is 1. The molecule has 0 saturated heterocycles. The van der Waals surface area contributed by atoms with Gasteiger partial charge in [-0.05, 0) is 132 Å². The Labute approximate surface area is 372 Å². The predicted molar refractivity (Wildman–Crippen MR) is 242 cm³/mol. The zero-order valence-electron chi connectivity index (χ0n) is 38.5. The number of benzene rings is 2. The molecule has 0 aliphatic carbocycles. The van der Waals surface area contributed by atoms with E-state index in [0.717, 1.165) is 25.7 Å². The molecule has 2 aromatic carbocycles. The summed E-state index contributed by atoms with van der Waals surface area (Å²) in [4.78, 5) is 43.4. The van der Waals surface area contributed by atoms with E-state index < -0.39 is 41.3 Å². The highest BCUT2D eigenvalue weighted by Crippen LogP contribution is 2.48. The van der Waals surface area contributed by atoms with E-state index in [4.69, 9.17) is 9.47 Å². The third kappa shape index (κ3) is 10.3. The van der Waals surface area contributed by atoms with Gasteiger partial charge in [0.2, 0.25) is 0 Å². The number of carbonyl (C=O) groups is 3. The molecule has 2 amide bonds. The van der Waals surface area contributed by atoms with Gasteiger partial charge in [0.1, 0.15) is 40.2 Å². The van der Waals surface area contributed by atoms with Crippen LogP contribution in [-0.4, -0.2) is 89.1 Å². The Balaban J connectivity index is 1.11. The molecule has 5 N–H and O–H groups in total. The molecule has 5 atom stereocenters. The lowest BCUT2D eigenvalue weighted by molar-refractivity contribution is -0.142. The number of phenolic OH excluding ortho intramolecular Hbond substituents is 2. The fraction of sp³-hybridized carbons (Fsp3) is 0.549. The molecule has 0 unspecified atom stereocenters. The molecule has 12 heteroatoms. The number of hydrogen-bond acceptors (Lipinski definition) is 9. The maximum absolute atomic E-state index is 13.9. The molecule has 6 rings (SSSR count). The van der Waals surface area contributed by atoms with Gasteiger partial charge in [-0.2, -0.15) is 0 Å². The third-order valence-electron chi connectivity index (χ3n) is 13.5. The fourth-order valence-corrected chi connectivity index (χ4v) is 9.40. The monoisotopic (exact) mass is 868 g/mol. The number of aliphatic hydroxyl groups is 2. The number of allylic oxidation sites excluding steroid dienone is 8. The van der Waals surface area contributed by atoms with Gasteiger partial charge in [0.05, 0.1) is 36.4 Å². The van der Waals surface area contributed by atoms with Crippen LogP contribution in [0.3, 0.4) is 0 Å². The zero-order chi connectivity index (χ0) is 46.0. The van der Waals surface area contributed by atoms with E-state index in [9.17, 15) is 39.9 Å². The van der Waals surface area contributed by atoms with Crippen LogP contribution in [0.15, 0.2) is 58.7 Å². The number of carbonyl (C=O) groups excluding carboxylic acids is 2. The van der Waals surface area contributed by atoms with Crippen molar-refractivity contribution < 1.29 is 49.4 Å². The predicted octanol–water partition coefficient (Wildman–Crippen LogP) is 9.00. The van der Waals surface area contributed by atoms with Gasteiger partial charge in [-0.15, -0.1) is 0 Å². The number of fused-ring (bicyclic) bond motifs is 6. The maximum Gasteiger partial charge on any atom is 0.326 e. The summed E-state index contributed by atoms with van der Waals surface area (Å²) in [5.41, 5.74) is 5.57. The number of aliphatic carboxylic acids is 1. The first-order chi connectivity index (χ1) is 29.7. The van der Waals surface area contributed by atoms with Crippen molar-refractivity contribution in [3.05, 3.63) is 92.1 Å². The quantitative estimate of drug-likeness (QED) is 0.0909. The maximum atomic E-state index is 13.9. The zero-order valence-corrected chi connectivity index (χ0v) is 38.5. The molecule has 4 aliphatic rings. The Morgan fingerprint density at radius 3 is 1.63 bits per heavy atom. The van der Waals surface area contributed by atoms with Gasteiger partial charge in [0.25, 0.3) is 11.8 Å². The average Bonchev–Trinajstić information content (AvgIpc) is 3.69. The summed E-state index contributed by atoms with van der Waals surface area (Å²) in [6.45, 7) is 16.5. The van der Waals surface area contributed by atoms with Gasteiger partial charge >= 0.3 is 5.97 Å². The summed E-state index contributed by atoms with van der Waals surface area (Å²) in [6, 6.07) is 1.55. The highest BCUT2D eigenvalue weighted by Gasteiger charge is 2.47. The van der Waals surface area contributed by atoms with Crippen molar-refractivity contribution in [2.24, 2.45) is 0 Å².